The van der Waals surface area contributed by atoms with Crippen LogP contribution in [0, 0.1) is 12.8 Å². The van der Waals surface area contributed by atoms with E-state index in [2.05, 4.69) is 27.6 Å². The number of nitrogens with zero attached hydrogens (tertiary/aromatic N) is 2. The van der Waals surface area contributed by atoms with Crippen LogP contribution in [-0.4, -0.2) is 29.2 Å². The number of nitrogen functional groups attached to an aromatic ring is 1. The highest BCUT2D eigenvalue weighted by Crippen LogP contribution is 2.24. The van der Waals surface area contributed by atoms with Gasteiger partial charge in [-0.05, 0) is 19.8 Å². The van der Waals surface area contributed by atoms with E-state index in [0.29, 0.717) is 17.8 Å². The molecule has 2 unspecified atom stereocenters. The summed E-state index contributed by atoms with van der Waals surface area (Å²) in [5.41, 5.74) is 3.50. The van der Waals surface area contributed by atoms with Crippen LogP contribution in [0.2, 0.25) is 0 Å². The van der Waals surface area contributed by atoms with E-state index >= 15 is 0 Å². The number of anilines is 2. The van der Waals surface area contributed by atoms with Crippen molar-refractivity contribution in [3.8, 4) is 0 Å². The van der Waals surface area contributed by atoms with Gasteiger partial charge < -0.3 is 15.5 Å². The second-order valence-electron chi connectivity index (χ2n) is 4.59. The smallest absolute Gasteiger partial charge is 0.148 e. The Morgan fingerprint density at radius 2 is 2.22 bits per heavy atom. The molecule has 6 heteroatoms. The van der Waals surface area contributed by atoms with Gasteiger partial charge in [0.1, 0.15) is 18.0 Å². The molecular weight excluding hydrogens is 230 g/mol. The second-order valence-corrected chi connectivity index (χ2v) is 4.59. The van der Waals surface area contributed by atoms with Crippen molar-refractivity contribution >= 4 is 11.6 Å². The highest BCUT2D eigenvalue weighted by molar-refractivity contribution is 5.55. The maximum Gasteiger partial charge on any atom is 0.148 e. The molecule has 6 nitrogen and oxygen atoms in total. The molecule has 1 aromatic heterocycles. The average Bonchev–Trinajstić information content (AvgIpc) is 2.85. The van der Waals surface area contributed by atoms with Crippen LogP contribution in [0.3, 0.4) is 0 Å². The Morgan fingerprint density at radius 3 is 2.94 bits per heavy atom. The number of hydrazine groups is 1. The van der Waals surface area contributed by atoms with Crippen LogP contribution < -0.4 is 16.6 Å². The van der Waals surface area contributed by atoms with Crippen LogP contribution in [0.5, 0.6) is 0 Å². The number of rotatable bonds is 5. The summed E-state index contributed by atoms with van der Waals surface area (Å²) >= 11 is 0. The molecule has 1 saturated heterocycles. The van der Waals surface area contributed by atoms with Crippen molar-refractivity contribution in [2.45, 2.75) is 32.8 Å². The zero-order chi connectivity index (χ0) is 13.0. The molecule has 0 saturated carbocycles. The SMILES string of the molecule is CCC1OCCC1CNc1ncnc(NN)c1C. The van der Waals surface area contributed by atoms with Gasteiger partial charge in [0, 0.05) is 24.6 Å². The van der Waals surface area contributed by atoms with Crippen molar-refractivity contribution < 1.29 is 4.74 Å². The summed E-state index contributed by atoms with van der Waals surface area (Å²) in [5.74, 6) is 7.44. The van der Waals surface area contributed by atoms with Crippen LogP contribution >= 0.6 is 0 Å². The van der Waals surface area contributed by atoms with Gasteiger partial charge in [0.25, 0.3) is 0 Å². The Hall–Kier alpha value is -1.40. The first kappa shape index (κ1) is 13.0. The van der Waals surface area contributed by atoms with Crippen molar-refractivity contribution in [1.29, 1.82) is 0 Å². The molecule has 0 radical (unpaired) electrons. The molecule has 0 spiro atoms. The maximum atomic E-state index is 5.67. The van der Waals surface area contributed by atoms with Gasteiger partial charge in [-0.25, -0.2) is 15.8 Å². The van der Waals surface area contributed by atoms with E-state index in [-0.39, 0.29) is 0 Å². The lowest BCUT2D eigenvalue weighted by Gasteiger charge is -2.18. The molecule has 18 heavy (non-hydrogen) atoms. The van der Waals surface area contributed by atoms with E-state index in [1.165, 1.54) is 6.33 Å². The highest BCUT2D eigenvalue weighted by Gasteiger charge is 2.26. The summed E-state index contributed by atoms with van der Waals surface area (Å²) in [4.78, 5) is 8.30. The van der Waals surface area contributed by atoms with E-state index in [9.17, 15) is 0 Å². The van der Waals surface area contributed by atoms with Crippen LogP contribution in [-0.2, 0) is 4.74 Å². The number of hydrogen-bond donors (Lipinski definition) is 3. The lowest BCUT2D eigenvalue weighted by molar-refractivity contribution is 0.0900. The van der Waals surface area contributed by atoms with Gasteiger partial charge in [-0.2, -0.15) is 0 Å². The normalized spacial score (nSPS) is 23.1. The number of aromatic nitrogens is 2. The molecule has 4 N–H and O–H groups in total. The summed E-state index contributed by atoms with van der Waals surface area (Å²) in [6.45, 7) is 5.85. The van der Waals surface area contributed by atoms with Crippen LogP contribution in [0.25, 0.3) is 0 Å². The first-order valence-corrected chi connectivity index (χ1v) is 6.40. The van der Waals surface area contributed by atoms with E-state index in [4.69, 9.17) is 10.6 Å². The molecule has 0 amide bonds. The zero-order valence-corrected chi connectivity index (χ0v) is 10.9. The predicted octanol–water partition coefficient (Wildman–Crippen LogP) is 1.30. The first-order chi connectivity index (χ1) is 8.76. The molecule has 2 heterocycles. The molecule has 1 aromatic rings. The predicted molar refractivity (Wildman–Crippen MR) is 71.2 cm³/mol. The van der Waals surface area contributed by atoms with Crippen molar-refractivity contribution in [2.24, 2.45) is 11.8 Å². The Balaban J connectivity index is 1.98. The van der Waals surface area contributed by atoms with Gasteiger partial charge in [0.2, 0.25) is 0 Å². The third kappa shape index (κ3) is 2.70. The minimum Gasteiger partial charge on any atom is -0.378 e. The lowest BCUT2D eigenvalue weighted by atomic mass is 10.00. The molecule has 0 aromatic carbocycles. The van der Waals surface area contributed by atoms with E-state index in [1.54, 1.807) is 0 Å². The fraction of sp³-hybridized carbons (Fsp3) is 0.667. The molecule has 0 bridgehead atoms. The number of ether oxygens (including phenoxy) is 1. The molecule has 0 aliphatic carbocycles. The van der Waals surface area contributed by atoms with Crippen LogP contribution in [0.4, 0.5) is 11.6 Å². The van der Waals surface area contributed by atoms with E-state index in [0.717, 1.165) is 37.4 Å². The minimum absolute atomic E-state index is 0.367. The van der Waals surface area contributed by atoms with E-state index in [1.807, 2.05) is 6.92 Å². The van der Waals surface area contributed by atoms with Gasteiger partial charge in [-0.1, -0.05) is 6.92 Å². The molecule has 1 aliphatic rings. The van der Waals surface area contributed by atoms with Gasteiger partial charge >= 0.3 is 0 Å². The lowest BCUT2D eigenvalue weighted by Crippen LogP contribution is -2.23. The largest absolute Gasteiger partial charge is 0.378 e. The number of nitrogens with two attached hydrogens (primary N) is 1. The summed E-state index contributed by atoms with van der Waals surface area (Å²) in [7, 11) is 0. The topological polar surface area (TPSA) is 85.1 Å². The van der Waals surface area contributed by atoms with Gasteiger partial charge in [0.05, 0.1) is 6.10 Å². The van der Waals surface area contributed by atoms with Crippen LogP contribution in [0.15, 0.2) is 6.33 Å². The molecule has 1 aliphatic heterocycles. The molecular formula is C12H21N5O. The average molecular weight is 251 g/mol. The Bertz CT molecular complexity index is 398. The highest BCUT2D eigenvalue weighted by atomic mass is 16.5. The fourth-order valence-electron chi connectivity index (χ4n) is 2.38. The number of nitrogens with one attached hydrogen (secondary N) is 2. The third-order valence-corrected chi connectivity index (χ3v) is 3.50. The van der Waals surface area contributed by atoms with Crippen molar-refractivity contribution in [2.75, 3.05) is 23.9 Å². The molecule has 1 fully saturated rings. The zero-order valence-electron chi connectivity index (χ0n) is 10.9. The molecule has 2 atom stereocenters. The monoisotopic (exact) mass is 251 g/mol. The summed E-state index contributed by atoms with van der Waals surface area (Å²) in [6.07, 6.45) is 4.04. The maximum absolute atomic E-state index is 5.67. The standard InChI is InChI=1S/C12H21N5O/c1-3-10-9(4-5-18-10)6-14-11-8(2)12(17-13)16-7-15-11/h7,9-10H,3-6,13H2,1-2H3,(H2,14,15,16,17). The van der Waals surface area contributed by atoms with Gasteiger partial charge in [0.15, 0.2) is 0 Å². The molecule has 100 valence electrons. The van der Waals surface area contributed by atoms with Crippen molar-refractivity contribution in [3.63, 3.8) is 0 Å². The Kier molecular flexibility index (Phi) is 4.33. The Labute approximate surface area is 107 Å². The van der Waals surface area contributed by atoms with Crippen LogP contribution in [0.1, 0.15) is 25.3 Å². The first-order valence-electron chi connectivity index (χ1n) is 6.40. The van der Waals surface area contributed by atoms with Crippen molar-refractivity contribution in [1.82, 2.24) is 9.97 Å². The number of hydrogen-bond acceptors (Lipinski definition) is 6. The Morgan fingerprint density at radius 1 is 1.44 bits per heavy atom. The summed E-state index contributed by atoms with van der Waals surface area (Å²) in [5, 5.41) is 3.37. The quantitative estimate of drug-likeness (QED) is 0.540. The third-order valence-electron chi connectivity index (χ3n) is 3.50. The minimum atomic E-state index is 0.367. The van der Waals surface area contributed by atoms with E-state index < -0.39 is 0 Å². The second kappa shape index (κ2) is 5.97. The summed E-state index contributed by atoms with van der Waals surface area (Å²) in [6, 6.07) is 0. The fourth-order valence-corrected chi connectivity index (χ4v) is 2.38. The molecule has 2 rings (SSSR count). The summed E-state index contributed by atoms with van der Waals surface area (Å²) < 4.78 is 5.67. The van der Waals surface area contributed by atoms with Gasteiger partial charge in [-0.15, -0.1) is 0 Å². The van der Waals surface area contributed by atoms with Crippen molar-refractivity contribution in [3.05, 3.63) is 11.9 Å². The van der Waals surface area contributed by atoms with Gasteiger partial charge in [-0.3, -0.25) is 0 Å².